The molecule has 0 bridgehead atoms. The van der Waals surface area contributed by atoms with Crippen LogP contribution in [0, 0.1) is 23.2 Å². The van der Waals surface area contributed by atoms with Gasteiger partial charge in [0.25, 0.3) is 0 Å². The van der Waals surface area contributed by atoms with Crippen LogP contribution in [-0.2, 0) is 17.6 Å². The van der Waals surface area contributed by atoms with Crippen molar-refractivity contribution in [3.8, 4) is 6.07 Å². The van der Waals surface area contributed by atoms with Crippen molar-refractivity contribution >= 4 is 28.3 Å². The molecule has 0 spiro atoms. The highest BCUT2D eigenvalue weighted by molar-refractivity contribution is 7.16. The van der Waals surface area contributed by atoms with E-state index >= 15 is 0 Å². The van der Waals surface area contributed by atoms with Gasteiger partial charge >= 0.3 is 6.03 Å². The van der Waals surface area contributed by atoms with Gasteiger partial charge in [0.1, 0.15) is 11.1 Å². The monoisotopic (exact) mass is 446 g/mol. The molecule has 2 heterocycles. The van der Waals surface area contributed by atoms with Crippen LogP contribution < -0.4 is 11.1 Å². The van der Waals surface area contributed by atoms with Crippen LogP contribution >= 0.6 is 11.3 Å². The van der Waals surface area contributed by atoms with Gasteiger partial charge in [-0.05, 0) is 65.7 Å². The van der Waals surface area contributed by atoms with Crippen molar-refractivity contribution in [2.75, 3.05) is 46.5 Å². The highest BCUT2D eigenvalue weighted by Crippen LogP contribution is 2.42. The standard InChI is InChI=1S/C22H34N6O2S/c1-6-28(22(30)25-13(2)11-26(3)4)21(29)15-7-14-8-16-17(10-23)20(24)31-19(16)9-18(14)27(5)12-15/h13-15,18H,6-9,11-12,24H2,1-5H3,(H,25,30)/t13-,14+,15+,18+/m0/s1. The summed E-state index contributed by atoms with van der Waals surface area (Å²) < 4.78 is 0. The number of nitriles is 1. The van der Waals surface area contributed by atoms with E-state index in [1.54, 1.807) is 0 Å². The Kier molecular flexibility index (Phi) is 7.24. The second kappa shape index (κ2) is 9.55. The van der Waals surface area contributed by atoms with Crippen LogP contribution in [0.3, 0.4) is 0 Å². The Morgan fingerprint density at radius 3 is 2.71 bits per heavy atom. The number of fused-ring (bicyclic) bond motifs is 2. The van der Waals surface area contributed by atoms with Gasteiger partial charge in [-0.3, -0.25) is 9.69 Å². The highest BCUT2D eigenvalue weighted by Gasteiger charge is 2.43. The van der Waals surface area contributed by atoms with E-state index in [1.165, 1.54) is 21.1 Å². The minimum Gasteiger partial charge on any atom is -0.389 e. The van der Waals surface area contributed by atoms with E-state index in [2.05, 4.69) is 23.3 Å². The number of urea groups is 1. The van der Waals surface area contributed by atoms with E-state index in [0.29, 0.717) is 36.2 Å². The summed E-state index contributed by atoms with van der Waals surface area (Å²) in [5, 5.41) is 13.0. The molecule has 170 valence electrons. The minimum absolute atomic E-state index is 0.0482. The first-order valence-corrected chi connectivity index (χ1v) is 11.7. The first-order valence-electron chi connectivity index (χ1n) is 10.9. The third-order valence-corrected chi connectivity index (χ3v) is 7.57. The maximum atomic E-state index is 13.3. The number of amides is 3. The molecule has 1 aromatic heterocycles. The molecule has 1 aliphatic carbocycles. The van der Waals surface area contributed by atoms with E-state index in [1.807, 2.05) is 32.8 Å². The number of likely N-dealkylation sites (tertiary alicyclic amines) is 1. The van der Waals surface area contributed by atoms with Gasteiger partial charge in [-0.2, -0.15) is 5.26 Å². The number of anilines is 1. The molecule has 2 aliphatic rings. The summed E-state index contributed by atoms with van der Waals surface area (Å²) in [6.45, 7) is 5.47. The Labute approximate surface area is 189 Å². The van der Waals surface area contributed by atoms with Crippen LogP contribution in [0.25, 0.3) is 0 Å². The van der Waals surface area contributed by atoms with E-state index in [0.717, 1.165) is 24.8 Å². The van der Waals surface area contributed by atoms with Crippen LogP contribution in [0.15, 0.2) is 0 Å². The number of nitrogens with two attached hydrogens (primary N) is 1. The Morgan fingerprint density at radius 1 is 1.39 bits per heavy atom. The summed E-state index contributed by atoms with van der Waals surface area (Å²) in [5.74, 6) is -0.0709. The Morgan fingerprint density at radius 2 is 2.10 bits per heavy atom. The molecule has 3 amide bonds. The second-order valence-corrected chi connectivity index (χ2v) is 10.3. The van der Waals surface area contributed by atoms with Gasteiger partial charge in [0.2, 0.25) is 5.91 Å². The van der Waals surface area contributed by atoms with Crippen LogP contribution in [-0.4, -0.2) is 79.5 Å². The molecule has 1 fully saturated rings. The SMILES string of the molecule is CCN(C(=O)N[C@@H](C)CN(C)C)C(=O)[C@@H]1C[C@@H]2Cc3c(sc(N)c3C#N)C[C@H]2N(C)C1. The number of carbonyl (C=O) groups excluding carboxylic acids is 2. The number of nitrogens with zero attached hydrogens (tertiary/aromatic N) is 4. The van der Waals surface area contributed by atoms with Gasteiger partial charge < -0.3 is 20.9 Å². The molecule has 8 nitrogen and oxygen atoms in total. The van der Waals surface area contributed by atoms with Crippen LogP contribution in [0.1, 0.15) is 36.3 Å². The van der Waals surface area contributed by atoms with Gasteiger partial charge in [0.15, 0.2) is 0 Å². The zero-order chi connectivity index (χ0) is 22.9. The molecule has 4 atom stereocenters. The third kappa shape index (κ3) is 4.86. The fourth-order valence-electron chi connectivity index (χ4n) is 5.15. The first-order chi connectivity index (χ1) is 14.7. The normalized spacial score (nSPS) is 24.1. The molecule has 1 aromatic rings. The topological polar surface area (TPSA) is 106 Å². The molecule has 1 saturated heterocycles. The summed E-state index contributed by atoms with van der Waals surface area (Å²) in [5.41, 5.74) is 7.74. The predicted octanol–water partition coefficient (Wildman–Crippen LogP) is 1.75. The molecule has 1 aliphatic heterocycles. The average molecular weight is 447 g/mol. The lowest BCUT2D eigenvalue weighted by Crippen LogP contribution is -2.56. The maximum absolute atomic E-state index is 13.3. The van der Waals surface area contributed by atoms with Gasteiger partial charge in [0, 0.05) is 36.6 Å². The molecule has 3 rings (SSSR count). The number of imide groups is 1. The molecule has 31 heavy (non-hydrogen) atoms. The molecule has 3 N–H and O–H groups in total. The van der Waals surface area contributed by atoms with Crippen molar-refractivity contribution in [3.63, 3.8) is 0 Å². The van der Waals surface area contributed by atoms with Crippen LogP contribution in [0.4, 0.5) is 9.80 Å². The number of hydrogen-bond acceptors (Lipinski definition) is 7. The lowest BCUT2D eigenvalue weighted by Gasteiger charge is -2.45. The second-order valence-electron chi connectivity index (χ2n) is 9.16. The summed E-state index contributed by atoms with van der Waals surface area (Å²) in [6, 6.07) is 2.22. The first kappa shape index (κ1) is 23.5. The number of rotatable bonds is 5. The number of nitrogen functional groups attached to an aromatic ring is 1. The zero-order valence-corrected chi connectivity index (χ0v) is 20.0. The van der Waals surface area contributed by atoms with Gasteiger partial charge in [-0.15, -0.1) is 11.3 Å². The Balaban J connectivity index is 1.72. The van der Waals surface area contributed by atoms with Crippen molar-refractivity contribution in [1.82, 2.24) is 20.0 Å². The Hall–Kier alpha value is -2.15. The van der Waals surface area contributed by atoms with Crippen molar-refractivity contribution in [3.05, 3.63) is 16.0 Å². The zero-order valence-electron chi connectivity index (χ0n) is 19.1. The maximum Gasteiger partial charge on any atom is 0.324 e. The van der Waals surface area contributed by atoms with Crippen molar-refractivity contribution in [1.29, 1.82) is 5.26 Å². The molecular formula is C22H34N6O2S. The fraction of sp³-hybridized carbons (Fsp3) is 0.682. The molecule has 0 saturated carbocycles. The highest BCUT2D eigenvalue weighted by atomic mass is 32.1. The third-order valence-electron chi connectivity index (χ3n) is 6.48. The lowest BCUT2D eigenvalue weighted by atomic mass is 9.74. The largest absolute Gasteiger partial charge is 0.389 e. The summed E-state index contributed by atoms with van der Waals surface area (Å²) in [4.78, 5) is 32.9. The summed E-state index contributed by atoms with van der Waals surface area (Å²) in [7, 11) is 5.96. The lowest BCUT2D eigenvalue weighted by molar-refractivity contribution is -0.135. The van der Waals surface area contributed by atoms with Crippen molar-refractivity contribution in [2.24, 2.45) is 11.8 Å². The number of thiophene rings is 1. The predicted molar refractivity (Wildman–Crippen MR) is 123 cm³/mol. The number of hydrogen-bond donors (Lipinski definition) is 2. The summed E-state index contributed by atoms with van der Waals surface area (Å²) >= 11 is 1.53. The van der Waals surface area contributed by atoms with Crippen molar-refractivity contribution in [2.45, 2.75) is 45.2 Å². The minimum atomic E-state index is -0.324. The van der Waals surface area contributed by atoms with E-state index < -0.39 is 0 Å². The fourth-order valence-corrected chi connectivity index (χ4v) is 6.25. The van der Waals surface area contributed by atoms with E-state index in [9.17, 15) is 14.9 Å². The number of nitrogens with one attached hydrogen (secondary N) is 1. The van der Waals surface area contributed by atoms with Gasteiger partial charge in [0.05, 0.1) is 11.5 Å². The Bertz CT molecular complexity index is 876. The quantitative estimate of drug-likeness (QED) is 0.714. The molecule has 0 unspecified atom stereocenters. The number of likely N-dealkylation sites (N-methyl/N-ethyl adjacent to an activating group) is 2. The molecule has 9 heteroatoms. The number of carbonyl (C=O) groups is 2. The van der Waals surface area contributed by atoms with Crippen LogP contribution in [0.2, 0.25) is 0 Å². The number of piperidine rings is 1. The molecule has 0 radical (unpaired) electrons. The van der Waals surface area contributed by atoms with E-state index in [-0.39, 0.29) is 29.8 Å². The van der Waals surface area contributed by atoms with Crippen molar-refractivity contribution < 1.29 is 9.59 Å². The molecular weight excluding hydrogens is 412 g/mol. The average Bonchev–Trinajstić information content (AvgIpc) is 3.00. The van der Waals surface area contributed by atoms with E-state index in [4.69, 9.17) is 5.73 Å². The summed E-state index contributed by atoms with van der Waals surface area (Å²) in [6.07, 6.45) is 2.36. The smallest absolute Gasteiger partial charge is 0.324 e. The van der Waals surface area contributed by atoms with Gasteiger partial charge in [-0.25, -0.2) is 4.79 Å². The van der Waals surface area contributed by atoms with Crippen LogP contribution in [0.5, 0.6) is 0 Å². The van der Waals surface area contributed by atoms with Gasteiger partial charge in [-0.1, -0.05) is 0 Å². The molecule has 0 aromatic carbocycles.